The van der Waals surface area contributed by atoms with E-state index < -0.39 is 18.0 Å². The van der Waals surface area contributed by atoms with Crippen molar-refractivity contribution in [2.75, 3.05) is 0 Å². The molecule has 1 unspecified atom stereocenters. The Balaban J connectivity index is 2.60. The Morgan fingerprint density at radius 2 is 2.04 bits per heavy atom. The molecule has 1 aliphatic heterocycles. The Morgan fingerprint density at radius 3 is 2.65 bits per heavy atom. The van der Waals surface area contributed by atoms with Crippen molar-refractivity contribution in [2.24, 2.45) is 0 Å². The fourth-order valence-electron chi connectivity index (χ4n) is 2.73. The van der Waals surface area contributed by atoms with Gasteiger partial charge in [0.2, 0.25) is 0 Å². The molecule has 2 rings (SSSR count). The molecular weight excluding hydrogens is 468 g/mol. The van der Waals surface area contributed by atoms with Gasteiger partial charge in [0.25, 0.3) is 0 Å². The van der Waals surface area contributed by atoms with Crippen LogP contribution in [-0.4, -0.2) is 23.2 Å². The van der Waals surface area contributed by atoms with Gasteiger partial charge in [-0.05, 0) is 54.8 Å². The van der Waals surface area contributed by atoms with Gasteiger partial charge in [-0.2, -0.15) is 0 Å². The molecule has 0 fully saturated rings. The topological polar surface area (TPSA) is 87.7 Å². The smallest absolute Gasteiger partial charge is 0.338 e. The normalized spacial score (nSPS) is 17.2. The molecule has 0 radical (unpaired) electrons. The largest absolute Gasteiger partial charge is 0.506 e. The third-order valence-corrected chi connectivity index (χ3v) is 4.93. The van der Waals surface area contributed by atoms with Gasteiger partial charge in [-0.1, -0.05) is 29.3 Å². The van der Waals surface area contributed by atoms with E-state index in [1.165, 1.54) is 0 Å². The van der Waals surface area contributed by atoms with Crippen molar-refractivity contribution in [1.82, 2.24) is 10.6 Å². The predicted molar refractivity (Wildman–Crippen MR) is 106 cm³/mol. The summed E-state index contributed by atoms with van der Waals surface area (Å²) in [6.07, 6.45) is 1.97. The number of nitrogens with one attached hydrogen (secondary N) is 2. The number of halogens is 2. The third kappa shape index (κ3) is 4.79. The highest BCUT2D eigenvalue weighted by Gasteiger charge is 2.35. The van der Waals surface area contributed by atoms with Gasteiger partial charge in [-0.3, -0.25) is 0 Å². The lowest BCUT2D eigenvalue weighted by Gasteiger charge is -2.30. The highest BCUT2D eigenvalue weighted by Crippen LogP contribution is 2.40. The van der Waals surface area contributed by atoms with Crippen LogP contribution in [0.5, 0.6) is 5.75 Å². The first-order chi connectivity index (χ1) is 12.2. The molecule has 0 aliphatic carbocycles. The number of urea groups is 1. The first-order valence-corrected chi connectivity index (χ1v) is 10.0. The van der Waals surface area contributed by atoms with Gasteiger partial charge in [-0.25, -0.2) is 9.59 Å². The number of hydrogen-bond acceptors (Lipinski definition) is 4. The van der Waals surface area contributed by atoms with Gasteiger partial charge < -0.3 is 20.5 Å². The quantitative estimate of drug-likeness (QED) is 0.507. The number of carbonyl (C=O) groups excluding carboxylic acids is 2. The van der Waals surface area contributed by atoms with Gasteiger partial charge >= 0.3 is 12.0 Å². The van der Waals surface area contributed by atoms with Gasteiger partial charge in [0.05, 0.1) is 22.2 Å². The van der Waals surface area contributed by atoms with Crippen molar-refractivity contribution in [3.05, 3.63) is 37.9 Å². The van der Waals surface area contributed by atoms with E-state index >= 15 is 0 Å². The third-order valence-electron chi connectivity index (χ3n) is 3.87. The molecule has 6 nitrogen and oxygen atoms in total. The van der Waals surface area contributed by atoms with E-state index in [0.717, 1.165) is 12.8 Å². The van der Waals surface area contributed by atoms with Crippen LogP contribution in [0.3, 0.4) is 0 Å². The molecular formula is C18H22Br2N2O4. The van der Waals surface area contributed by atoms with E-state index in [4.69, 9.17) is 4.74 Å². The van der Waals surface area contributed by atoms with Gasteiger partial charge in [-0.15, -0.1) is 0 Å². The number of carbonyl (C=O) groups is 2. The molecule has 0 saturated heterocycles. The van der Waals surface area contributed by atoms with Crippen LogP contribution in [0.25, 0.3) is 0 Å². The van der Waals surface area contributed by atoms with Crippen molar-refractivity contribution in [3.63, 3.8) is 0 Å². The van der Waals surface area contributed by atoms with E-state index in [2.05, 4.69) is 42.5 Å². The van der Waals surface area contributed by atoms with Crippen molar-refractivity contribution in [2.45, 2.75) is 52.2 Å². The second-order valence-corrected chi connectivity index (χ2v) is 8.08. The summed E-state index contributed by atoms with van der Waals surface area (Å²) in [7, 11) is 0. The average molecular weight is 490 g/mol. The number of hydrogen-bond donors (Lipinski definition) is 3. The number of ether oxygens (including phenoxy) is 1. The van der Waals surface area contributed by atoms with Crippen LogP contribution in [0.15, 0.2) is 32.3 Å². The lowest BCUT2D eigenvalue weighted by Crippen LogP contribution is -2.46. The van der Waals surface area contributed by atoms with Crippen molar-refractivity contribution >= 4 is 43.9 Å². The molecule has 0 bridgehead atoms. The number of rotatable bonds is 6. The van der Waals surface area contributed by atoms with Crippen LogP contribution in [0.1, 0.15) is 51.6 Å². The second-order valence-electron chi connectivity index (χ2n) is 6.31. The Labute approximate surface area is 169 Å². The fraction of sp³-hybridized carbons (Fsp3) is 0.444. The standard InChI is InChI=1S/C18H22Br2N2O4/c1-4-5-6-13-14(17(24)26-9(2)3)15(22-18(25)21-13)11-7-10(19)8-12(20)16(11)23/h7-9,15,23H,4-6H2,1-3H3,(H2,21,22,25). The predicted octanol–water partition coefficient (Wildman–Crippen LogP) is 4.67. The number of aromatic hydroxyl groups is 1. The summed E-state index contributed by atoms with van der Waals surface area (Å²) in [4.78, 5) is 25.0. The van der Waals surface area contributed by atoms with E-state index in [1.54, 1.807) is 26.0 Å². The summed E-state index contributed by atoms with van der Waals surface area (Å²) in [5, 5.41) is 15.9. The van der Waals surface area contributed by atoms with Crippen molar-refractivity contribution < 1.29 is 19.4 Å². The number of unbranched alkanes of at least 4 members (excludes halogenated alkanes) is 1. The Bertz CT molecular complexity index is 747. The first-order valence-electron chi connectivity index (χ1n) is 8.44. The zero-order valence-corrected chi connectivity index (χ0v) is 18.0. The molecule has 1 aromatic carbocycles. The zero-order valence-electron chi connectivity index (χ0n) is 14.9. The van der Waals surface area contributed by atoms with Crippen LogP contribution in [0, 0.1) is 0 Å². The van der Waals surface area contributed by atoms with E-state index in [-0.39, 0.29) is 11.9 Å². The molecule has 0 saturated carbocycles. The number of benzene rings is 1. The maximum atomic E-state index is 12.8. The Morgan fingerprint density at radius 1 is 1.35 bits per heavy atom. The number of phenols is 1. The molecule has 1 aliphatic rings. The summed E-state index contributed by atoms with van der Waals surface area (Å²) < 4.78 is 6.56. The summed E-state index contributed by atoms with van der Waals surface area (Å²) in [6.45, 7) is 5.56. The minimum absolute atomic E-state index is 0.0370. The second kappa shape index (κ2) is 8.90. The molecule has 142 valence electrons. The number of phenolic OH excluding ortho intramolecular Hbond substituents is 1. The zero-order chi connectivity index (χ0) is 19.4. The van der Waals surface area contributed by atoms with Crippen LogP contribution in [0.4, 0.5) is 4.79 Å². The van der Waals surface area contributed by atoms with E-state index in [1.807, 2.05) is 6.92 Å². The van der Waals surface area contributed by atoms with Crippen molar-refractivity contribution in [1.29, 1.82) is 0 Å². The average Bonchev–Trinajstić information content (AvgIpc) is 2.54. The number of allylic oxidation sites excluding steroid dienone is 1. The fourth-order valence-corrected chi connectivity index (χ4v) is 3.98. The van der Waals surface area contributed by atoms with Gasteiger partial charge in [0.1, 0.15) is 5.75 Å². The van der Waals surface area contributed by atoms with Gasteiger partial charge in [0, 0.05) is 15.7 Å². The minimum atomic E-state index is -0.810. The Hall–Kier alpha value is -1.54. The molecule has 3 N–H and O–H groups in total. The van der Waals surface area contributed by atoms with Crippen LogP contribution in [0.2, 0.25) is 0 Å². The number of esters is 1. The molecule has 1 aromatic rings. The first kappa shape index (κ1) is 20.8. The molecule has 8 heteroatoms. The Kier molecular flexibility index (Phi) is 7.11. The SMILES string of the molecule is CCCCC1=C(C(=O)OC(C)C)C(c2cc(Br)cc(Br)c2O)NC(=O)N1. The minimum Gasteiger partial charge on any atom is -0.506 e. The highest BCUT2D eigenvalue weighted by atomic mass is 79.9. The summed E-state index contributed by atoms with van der Waals surface area (Å²) in [5.41, 5.74) is 1.25. The lowest BCUT2D eigenvalue weighted by atomic mass is 9.93. The monoisotopic (exact) mass is 488 g/mol. The summed E-state index contributed by atoms with van der Waals surface area (Å²) in [5.74, 6) is -0.552. The highest BCUT2D eigenvalue weighted by molar-refractivity contribution is 9.11. The lowest BCUT2D eigenvalue weighted by molar-refractivity contribution is -0.143. The van der Waals surface area contributed by atoms with Crippen LogP contribution in [-0.2, 0) is 9.53 Å². The molecule has 1 heterocycles. The number of amides is 2. The maximum Gasteiger partial charge on any atom is 0.338 e. The summed E-state index contributed by atoms with van der Waals surface area (Å²) >= 11 is 6.67. The van der Waals surface area contributed by atoms with E-state index in [0.29, 0.717) is 32.2 Å². The molecule has 1 atom stereocenters. The molecule has 26 heavy (non-hydrogen) atoms. The van der Waals surface area contributed by atoms with Crippen LogP contribution >= 0.6 is 31.9 Å². The molecule has 0 spiro atoms. The maximum absolute atomic E-state index is 12.8. The van der Waals surface area contributed by atoms with Crippen molar-refractivity contribution in [3.8, 4) is 5.75 Å². The summed E-state index contributed by atoms with van der Waals surface area (Å²) in [6, 6.07) is 2.14. The van der Waals surface area contributed by atoms with Crippen LogP contribution < -0.4 is 10.6 Å². The van der Waals surface area contributed by atoms with E-state index in [9.17, 15) is 14.7 Å². The van der Waals surface area contributed by atoms with Gasteiger partial charge in [0.15, 0.2) is 0 Å². The molecule has 0 aromatic heterocycles. The molecule has 2 amide bonds.